The van der Waals surface area contributed by atoms with E-state index in [1.807, 2.05) is 7.05 Å². The summed E-state index contributed by atoms with van der Waals surface area (Å²) in [5.74, 6) is -2.52. The second-order valence-corrected chi connectivity index (χ2v) is 4.82. The minimum atomic E-state index is -1.04. The summed E-state index contributed by atoms with van der Waals surface area (Å²) in [6.45, 7) is 5.25. The van der Waals surface area contributed by atoms with Crippen LogP contribution in [0.25, 0.3) is 0 Å². The molecule has 0 spiro atoms. The van der Waals surface area contributed by atoms with E-state index in [1.54, 1.807) is 13.8 Å². The number of rotatable bonds is 4. The number of hydrogen-bond donors (Lipinski definition) is 2. The van der Waals surface area contributed by atoms with Crippen molar-refractivity contribution in [1.82, 2.24) is 10.2 Å². The highest BCUT2D eigenvalue weighted by Crippen LogP contribution is 2.13. The van der Waals surface area contributed by atoms with Crippen molar-refractivity contribution < 1.29 is 14.7 Å². The third kappa shape index (κ3) is 3.20. The molecule has 1 saturated heterocycles. The standard InChI is InChI=1S/C11H20N2O3/c1-7(2)9(11(15)16)10(14)12-8-4-5-13(3)6-8/h7-9H,4-6H2,1-3H3,(H,12,14)(H,15,16). The fraction of sp³-hybridized carbons (Fsp3) is 0.818. The minimum absolute atomic E-state index is 0.0955. The van der Waals surface area contributed by atoms with Crippen LogP contribution in [-0.4, -0.2) is 48.1 Å². The number of carboxylic acids is 1. The van der Waals surface area contributed by atoms with Crippen LogP contribution in [0, 0.1) is 11.8 Å². The zero-order valence-electron chi connectivity index (χ0n) is 10.1. The van der Waals surface area contributed by atoms with Gasteiger partial charge < -0.3 is 15.3 Å². The Labute approximate surface area is 95.8 Å². The van der Waals surface area contributed by atoms with Gasteiger partial charge in [0.1, 0.15) is 5.92 Å². The lowest BCUT2D eigenvalue weighted by molar-refractivity contribution is -0.149. The number of likely N-dealkylation sites (tertiary alicyclic amines) is 1. The van der Waals surface area contributed by atoms with Gasteiger partial charge in [-0.15, -0.1) is 0 Å². The van der Waals surface area contributed by atoms with Crippen molar-refractivity contribution in [2.45, 2.75) is 26.3 Å². The molecule has 1 aliphatic rings. The number of carboxylic acid groups (broad SMARTS) is 1. The third-order valence-corrected chi connectivity index (χ3v) is 2.95. The zero-order valence-corrected chi connectivity index (χ0v) is 10.1. The zero-order chi connectivity index (χ0) is 12.3. The smallest absolute Gasteiger partial charge is 0.316 e. The molecule has 0 aromatic heterocycles. The van der Waals surface area contributed by atoms with Gasteiger partial charge in [0.25, 0.3) is 0 Å². The first kappa shape index (κ1) is 13.0. The quantitative estimate of drug-likeness (QED) is 0.673. The molecule has 92 valence electrons. The van der Waals surface area contributed by atoms with Crippen molar-refractivity contribution in [3.8, 4) is 0 Å². The third-order valence-electron chi connectivity index (χ3n) is 2.95. The normalized spacial score (nSPS) is 23.4. The van der Waals surface area contributed by atoms with Gasteiger partial charge in [0, 0.05) is 12.6 Å². The number of nitrogens with one attached hydrogen (secondary N) is 1. The summed E-state index contributed by atoms with van der Waals surface area (Å²) in [5.41, 5.74) is 0. The molecule has 1 rings (SSSR count). The lowest BCUT2D eigenvalue weighted by Crippen LogP contribution is -2.44. The topological polar surface area (TPSA) is 69.6 Å². The van der Waals surface area contributed by atoms with Crippen molar-refractivity contribution in [3.63, 3.8) is 0 Å². The lowest BCUT2D eigenvalue weighted by Gasteiger charge is -2.19. The molecular formula is C11H20N2O3. The molecule has 0 aromatic rings. The molecule has 5 heteroatoms. The van der Waals surface area contributed by atoms with Crippen LogP contribution in [0.3, 0.4) is 0 Å². The first-order chi connectivity index (χ1) is 7.41. The largest absolute Gasteiger partial charge is 0.481 e. The number of aliphatic carboxylic acids is 1. The summed E-state index contributed by atoms with van der Waals surface area (Å²) in [6.07, 6.45) is 0.896. The van der Waals surface area contributed by atoms with E-state index in [-0.39, 0.29) is 17.9 Å². The predicted octanol–water partition coefficient (Wildman–Crippen LogP) is 0.164. The number of amides is 1. The molecule has 0 bridgehead atoms. The van der Waals surface area contributed by atoms with Crippen LogP contribution in [0.1, 0.15) is 20.3 Å². The summed E-state index contributed by atoms with van der Waals surface area (Å²) in [5, 5.41) is 11.8. The van der Waals surface area contributed by atoms with E-state index in [0.717, 1.165) is 19.5 Å². The molecule has 0 radical (unpaired) electrons. The summed E-state index contributed by atoms with van der Waals surface area (Å²) in [4.78, 5) is 24.8. The van der Waals surface area contributed by atoms with Gasteiger partial charge in [-0.3, -0.25) is 9.59 Å². The Morgan fingerprint density at radius 1 is 1.44 bits per heavy atom. The van der Waals surface area contributed by atoms with E-state index in [1.165, 1.54) is 0 Å². The van der Waals surface area contributed by atoms with Crippen molar-refractivity contribution >= 4 is 11.9 Å². The molecule has 0 aromatic carbocycles. The van der Waals surface area contributed by atoms with Gasteiger partial charge in [-0.25, -0.2) is 0 Å². The van der Waals surface area contributed by atoms with Gasteiger partial charge >= 0.3 is 5.97 Å². The molecule has 5 nitrogen and oxygen atoms in total. The molecule has 16 heavy (non-hydrogen) atoms. The van der Waals surface area contributed by atoms with E-state index in [9.17, 15) is 9.59 Å². The van der Waals surface area contributed by atoms with Crippen LogP contribution in [0.5, 0.6) is 0 Å². The van der Waals surface area contributed by atoms with Crippen molar-refractivity contribution in [3.05, 3.63) is 0 Å². The van der Waals surface area contributed by atoms with Gasteiger partial charge in [0.15, 0.2) is 0 Å². The van der Waals surface area contributed by atoms with Gasteiger partial charge in [-0.1, -0.05) is 13.8 Å². The maximum Gasteiger partial charge on any atom is 0.316 e. The second-order valence-electron chi connectivity index (χ2n) is 4.82. The molecule has 1 fully saturated rings. The van der Waals surface area contributed by atoms with E-state index in [2.05, 4.69) is 10.2 Å². The fourth-order valence-electron chi connectivity index (χ4n) is 2.04. The van der Waals surface area contributed by atoms with Gasteiger partial charge in [-0.2, -0.15) is 0 Å². The van der Waals surface area contributed by atoms with E-state index < -0.39 is 11.9 Å². The molecule has 1 heterocycles. The molecular weight excluding hydrogens is 208 g/mol. The van der Waals surface area contributed by atoms with Crippen LogP contribution in [0.4, 0.5) is 0 Å². The molecule has 2 N–H and O–H groups in total. The average Bonchev–Trinajstić information content (AvgIpc) is 2.49. The Kier molecular flexibility index (Phi) is 4.29. The minimum Gasteiger partial charge on any atom is -0.481 e. The number of hydrogen-bond acceptors (Lipinski definition) is 3. The Bertz CT molecular complexity index is 278. The van der Waals surface area contributed by atoms with Crippen LogP contribution < -0.4 is 5.32 Å². The highest BCUT2D eigenvalue weighted by atomic mass is 16.4. The summed E-state index contributed by atoms with van der Waals surface area (Å²) < 4.78 is 0. The Morgan fingerprint density at radius 3 is 2.44 bits per heavy atom. The Morgan fingerprint density at radius 2 is 2.06 bits per heavy atom. The molecule has 1 aliphatic heterocycles. The van der Waals surface area contributed by atoms with Gasteiger partial charge in [0.2, 0.25) is 5.91 Å². The number of carbonyl (C=O) groups is 2. The molecule has 2 unspecified atom stereocenters. The number of carbonyl (C=O) groups excluding carboxylic acids is 1. The van der Waals surface area contributed by atoms with E-state index in [4.69, 9.17) is 5.11 Å². The van der Waals surface area contributed by atoms with Crippen LogP contribution in [-0.2, 0) is 9.59 Å². The summed E-state index contributed by atoms with van der Waals surface area (Å²) >= 11 is 0. The SMILES string of the molecule is CC(C)C(C(=O)O)C(=O)NC1CCN(C)C1. The van der Waals surface area contributed by atoms with Crippen molar-refractivity contribution in [1.29, 1.82) is 0 Å². The Balaban J connectivity index is 2.53. The molecule has 0 saturated carbocycles. The van der Waals surface area contributed by atoms with Gasteiger partial charge in [0.05, 0.1) is 0 Å². The number of nitrogens with zero attached hydrogens (tertiary/aromatic N) is 1. The van der Waals surface area contributed by atoms with Crippen LogP contribution >= 0.6 is 0 Å². The maximum absolute atomic E-state index is 11.8. The van der Waals surface area contributed by atoms with Gasteiger partial charge in [-0.05, 0) is 25.9 Å². The Hall–Kier alpha value is -1.10. The first-order valence-corrected chi connectivity index (χ1v) is 5.63. The first-order valence-electron chi connectivity index (χ1n) is 5.63. The second kappa shape index (κ2) is 5.30. The monoisotopic (exact) mass is 228 g/mol. The number of likely N-dealkylation sites (N-methyl/N-ethyl adjacent to an activating group) is 1. The average molecular weight is 228 g/mol. The maximum atomic E-state index is 11.8. The highest BCUT2D eigenvalue weighted by molar-refractivity contribution is 5.97. The van der Waals surface area contributed by atoms with Crippen LogP contribution in [0.2, 0.25) is 0 Å². The van der Waals surface area contributed by atoms with E-state index >= 15 is 0 Å². The van der Waals surface area contributed by atoms with Crippen LogP contribution in [0.15, 0.2) is 0 Å². The van der Waals surface area contributed by atoms with Crippen molar-refractivity contribution in [2.75, 3.05) is 20.1 Å². The molecule has 1 amide bonds. The predicted molar refractivity (Wildman–Crippen MR) is 60.0 cm³/mol. The summed E-state index contributed by atoms with van der Waals surface area (Å²) in [7, 11) is 1.99. The fourth-order valence-corrected chi connectivity index (χ4v) is 2.04. The molecule has 2 atom stereocenters. The van der Waals surface area contributed by atoms with Crippen molar-refractivity contribution in [2.24, 2.45) is 11.8 Å². The van der Waals surface area contributed by atoms with E-state index in [0.29, 0.717) is 0 Å². The highest BCUT2D eigenvalue weighted by Gasteiger charge is 2.32. The lowest BCUT2D eigenvalue weighted by atomic mass is 9.95. The molecule has 0 aliphatic carbocycles. The summed E-state index contributed by atoms with van der Waals surface area (Å²) in [6, 6.07) is 0.0955.